The van der Waals surface area contributed by atoms with Crippen molar-refractivity contribution in [1.29, 1.82) is 0 Å². The Kier molecular flexibility index (Phi) is 4.97. The van der Waals surface area contributed by atoms with Crippen molar-refractivity contribution in [2.24, 2.45) is 0 Å². The highest BCUT2D eigenvalue weighted by atomic mass is 16.1. The summed E-state index contributed by atoms with van der Waals surface area (Å²) in [6.07, 6.45) is 5.28. The van der Waals surface area contributed by atoms with Crippen LogP contribution in [0.4, 0.5) is 0 Å². The van der Waals surface area contributed by atoms with Crippen LogP contribution in [0, 0.1) is 6.92 Å². The molecular formula is C18H25N5O. The van der Waals surface area contributed by atoms with Gasteiger partial charge in [0.15, 0.2) is 0 Å². The maximum Gasteiger partial charge on any atom is 0.253 e. The molecule has 1 fully saturated rings. The van der Waals surface area contributed by atoms with E-state index in [1.807, 2.05) is 35.9 Å². The van der Waals surface area contributed by atoms with Crippen LogP contribution in [-0.2, 0) is 0 Å². The zero-order valence-electron chi connectivity index (χ0n) is 14.6. The topological polar surface area (TPSA) is 53.4 Å². The van der Waals surface area contributed by atoms with Crippen LogP contribution in [0.25, 0.3) is 5.69 Å². The lowest BCUT2D eigenvalue weighted by Gasteiger charge is -2.37. The summed E-state index contributed by atoms with van der Waals surface area (Å²) < 4.78 is 1.87. The van der Waals surface area contributed by atoms with Gasteiger partial charge in [-0.25, -0.2) is 4.98 Å². The molecule has 0 spiro atoms. The number of hydrogen-bond acceptors (Lipinski definition) is 4. The highest BCUT2D eigenvalue weighted by Crippen LogP contribution is 2.16. The zero-order chi connectivity index (χ0) is 17.1. The van der Waals surface area contributed by atoms with E-state index < -0.39 is 0 Å². The number of benzene rings is 1. The fourth-order valence-electron chi connectivity index (χ4n) is 3.09. The molecule has 1 aromatic carbocycles. The third kappa shape index (κ3) is 3.66. The van der Waals surface area contributed by atoms with Crippen molar-refractivity contribution in [3.63, 3.8) is 0 Å². The molecule has 0 radical (unpaired) electrons. The van der Waals surface area contributed by atoms with E-state index in [1.165, 1.54) is 0 Å². The standard InChI is InChI=1S/C18H25N5O/c1-14-4-5-17(23-7-6-19-13-23)16(10-14)18(24)20-11-15-12-21(2)8-9-22(15)3/h4-7,10,13,15H,8-9,11-12H2,1-3H3,(H,20,24). The van der Waals surface area contributed by atoms with Gasteiger partial charge >= 0.3 is 0 Å². The summed E-state index contributed by atoms with van der Waals surface area (Å²) in [6.45, 7) is 5.72. The summed E-state index contributed by atoms with van der Waals surface area (Å²) in [5.74, 6) is -0.0379. The largest absolute Gasteiger partial charge is 0.350 e. The molecule has 6 heteroatoms. The van der Waals surface area contributed by atoms with Gasteiger partial charge in [0.1, 0.15) is 0 Å². The van der Waals surface area contributed by atoms with Gasteiger partial charge < -0.3 is 14.8 Å². The van der Waals surface area contributed by atoms with E-state index in [-0.39, 0.29) is 5.91 Å². The highest BCUT2D eigenvalue weighted by molar-refractivity contribution is 5.98. The molecule has 1 N–H and O–H groups in total. The van der Waals surface area contributed by atoms with E-state index in [0.717, 1.165) is 30.9 Å². The number of nitrogens with one attached hydrogen (secondary N) is 1. The Morgan fingerprint density at radius 2 is 2.17 bits per heavy atom. The lowest BCUT2D eigenvalue weighted by molar-refractivity contribution is 0.0881. The summed E-state index contributed by atoms with van der Waals surface area (Å²) in [5, 5.41) is 3.11. The van der Waals surface area contributed by atoms with Crippen LogP contribution in [0.2, 0.25) is 0 Å². The van der Waals surface area contributed by atoms with E-state index >= 15 is 0 Å². The van der Waals surface area contributed by atoms with E-state index in [2.05, 4.69) is 34.2 Å². The molecule has 24 heavy (non-hydrogen) atoms. The van der Waals surface area contributed by atoms with Gasteiger partial charge in [0.05, 0.1) is 17.6 Å². The number of aromatic nitrogens is 2. The molecule has 0 bridgehead atoms. The van der Waals surface area contributed by atoms with Crippen molar-refractivity contribution in [3.8, 4) is 5.69 Å². The van der Waals surface area contributed by atoms with Crippen LogP contribution in [0.1, 0.15) is 15.9 Å². The predicted molar refractivity (Wildman–Crippen MR) is 94.5 cm³/mol. The van der Waals surface area contributed by atoms with Crippen LogP contribution in [0.15, 0.2) is 36.9 Å². The molecule has 1 aliphatic heterocycles. The maximum atomic E-state index is 12.8. The van der Waals surface area contributed by atoms with Crippen LogP contribution >= 0.6 is 0 Å². The highest BCUT2D eigenvalue weighted by Gasteiger charge is 2.23. The molecule has 1 unspecified atom stereocenters. The summed E-state index contributed by atoms with van der Waals surface area (Å²) in [4.78, 5) is 21.5. The lowest BCUT2D eigenvalue weighted by Crippen LogP contribution is -2.54. The number of aryl methyl sites for hydroxylation is 1. The molecule has 2 heterocycles. The van der Waals surface area contributed by atoms with Crippen molar-refractivity contribution in [2.75, 3.05) is 40.3 Å². The summed E-state index contributed by atoms with van der Waals surface area (Å²) in [5.41, 5.74) is 2.60. The molecule has 3 rings (SSSR count). The van der Waals surface area contributed by atoms with E-state index in [0.29, 0.717) is 18.2 Å². The normalized spacial score (nSPS) is 19.4. The average Bonchev–Trinajstić information content (AvgIpc) is 3.09. The number of amides is 1. The van der Waals surface area contributed by atoms with Crippen LogP contribution in [-0.4, -0.2) is 71.6 Å². The summed E-state index contributed by atoms with van der Waals surface area (Å²) in [7, 11) is 4.24. The number of likely N-dealkylation sites (N-methyl/N-ethyl adjacent to an activating group) is 2. The number of rotatable bonds is 4. The Morgan fingerprint density at radius 3 is 2.92 bits per heavy atom. The minimum Gasteiger partial charge on any atom is -0.350 e. The molecule has 1 saturated heterocycles. The van der Waals surface area contributed by atoms with Crippen molar-refractivity contribution in [1.82, 2.24) is 24.7 Å². The number of nitrogens with zero attached hydrogens (tertiary/aromatic N) is 4. The summed E-state index contributed by atoms with van der Waals surface area (Å²) >= 11 is 0. The number of piperazine rings is 1. The van der Waals surface area contributed by atoms with E-state index in [9.17, 15) is 4.79 Å². The first-order chi connectivity index (χ1) is 11.5. The predicted octanol–water partition coefficient (Wildman–Crippen LogP) is 1.16. The van der Waals surface area contributed by atoms with Gasteiger partial charge in [-0.05, 0) is 33.2 Å². The fourth-order valence-corrected chi connectivity index (χ4v) is 3.09. The minimum absolute atomic E-state index is 0.0379. The third-order valence-electron chi connectivity index (χ3n) is 4.66. The fraction of sp³-hybridized carbons (Fsp3) is 0.444. The minimum atomic E-state index is -0.0379. The third-order valence-corrected chi connectivity index (χ3v) is 4.66. The van der Waals surface area contributed by atoms with Gasteiger partial charge in [0, 0.05) is 44.6 Å². The van der Waals surface area contributed by atoms with Crippen LogP contribution in [0.3, 0.4) is 0 Å². The van der Waals surface area contributed by atoms with Gasteiger partial charge in [-0.1, -0.05) is 11.6 Å². The van der Waals surface area contributed by atoms with Crippen molar-refractivity contribution in [3.05, 3.63) is 48.0 Å². The molecule has 0 saturated carbocycles. The number of imidazole rings is 1. The first-order valence-electron chi connectivity index (χ1n) is 8.30. The number of carbonyl (C=O) groups is 1. The zero-order valence-corrected chi connectivity index (χ0v) is 14.6. The first kappa shape index (κ1) is 16.7. The molecule has 1 atom stereocenters. The molecule has 2 aromatic rings. The number of hydrogen-bond donors (Lipinski definition) is 1. The molecule has 1 aliphatic rings. The van der Waals surface area contributed by atoms with Gasteiger partial charge in [0.25, 0.3) is 5.91 Å². The molecule has 1 amide bonds. The van der Waals surface area contributed by atoms with Crippen LogP contribution in [0.5, 0.6) is 0 Å². The van der Waals surface area contributed by atoms with Crippen molar-refractivity contribution >= 4 is 5.91 Å². The van der Waals surface area contributed by atoms with Crippen LogP contribution < -0.4 is 5.32 Å². The molecule has 1 aromatic heterocycles. The molecule has 0 aliphatic carbocycles. The Labute approximate surface area is 143 Å². The van der Waals surface area contributed by atoms with Crippen molar-refractivity contribution in [2.45, 2.75) is 13.0 Å². The Bertz CT molecular complexity index is 697. The smallest absolute Gasteiger partial charge is 0.253 e. The first-order valence-corrected chi connectivity index (χ1v) is 8.30. The van der Waals surface area contributed by atoms with Gasteiger partial charge in [-0.2, -0.15) is 0 Å². The van der Waals surface area contributed by atoms with Gasteiger partial charge in [-0.15, -0.1) is 0 Å². The second kappa shape index (κ2) is 7.15. The van der Waals surface area contributed by atoms with E-state index in [1.54, 1.807) is 12.5 Å². The number of carbonyl (C=O) groups excluding carboxylic acids is 1. The van der Waals surface area contributed by atoms with Crippen molar-refractivity contribution < 1.29 is 4.79 Å². The molecule has 6 nitrogen and oxygen atoms in total. The van der Waals surface area contributed by atoms with Gasteiger partial charge in [0.2, 0.25) is 0 Å². The maximum absolute atomic E-state index is 12.8. The lowest BCUT2D eigenvalue weighted by atomic mass is 10.1. The Morgan fingerprint density at radius 1 is 1.33 bits per heavy atom. The summed E-state index contributed by atoms with van der Waals surface area (Å²) in [6, 6.07) is 6.25. The second-order valence-corrected chi connectivity index (χ2v) is 6.60. The monoisotopic (exact) mass is 327 g/mol. The Balaban J connectivity index is 1.74. The van der Waals surface area contributed by atoms with E-state index in [4.69, 9.17) is 0 Å². The molecular weight excluding hydrogens is 302 g/mol. The second-order valence-electron chi connectivity index (χ2n) is 6.60. The average molecular weight is 327 g/mol. The van der Waals surface area contributed by atoms with Gasteiger partial charge in [-0.3, -0.25) is 9.69 Å². The SMILES string of the molecule is Cc1ccc(-n2ccnc2)c(C(=O)NCC2CN(C)CCN2C)c1. The quantitative estimate of drug-likeness (QED) is 0.915. The Hall–Kier alpha value is -2.18. The molecule has 128 valence electrons.